The first-order valence-corrected chi connectivity index (χ1v) is 8.39. The van der Waals surface area contributed by atoms with Crippen LogP contribution in [0.4, 0.5) is 5.82 Å². The Bertz CT molecular complexity index is 607. The van der Waals surface area contributed by atoms with Crippen molar-refractivity contribution in [2.45, 2.75) is 47.1 Å². The summed E-state index contributed by atoms with van der Waals surface area (Å²) in [5, 5.41) is 16.9. The number of thiophene rings is 1. The molecule has 2 N–H and O–H groups in total. The van der Waals surface area contributed by atoms with E-state index in [2.05, 4.69) is 36.1 Å². The summed E-state index contributed by atoms with van der Waals surface area (Å²) in [6, 6.07) is 2.05. The Morgan fingerprint density at radius 2 is 2.05 bits per heavy atom. The van der Waals surface area contributed by atoms with Gasteiger partial charge < -0.3 is 10.4 Å². The second-order valence-corrected chi connectivity index (χ2v) is 7.41. The number of aliphatic hydroxyl groups excluding tert-OH is 1. The molecule has 0 amide bonds. The van der Waals surface area contributed by atoms with Gasteiger partial charge in [-0.1, -0.05) is 34.6 Å². The third kappa shape index (κ3) is 3.52. The van der Waals surface area contributed by atoms with Crippen molar-refractivity contribution >= 4 is 27.4 Å². The average molecular weight is 307 g/mol. The van der Waals surface area contributed by atoms with Gasteiger partial charge in [-0.25, -0.2) is 9.97 Å². The molecule has 0 aliphatic rings. The van der Waals surface area contributed by atoms with E-state index in [1.165, 1.54) is 0 Å². The van der Waals surface area contributed by atoms with E-state index in [0.717, 1.165) is 28.3 Å². The molecule has 0 radical (unpaired) electrons. The van der Waals surface area contributed by atoms with Crippen molar-refractivity contribution in [3.63, 3.8) is 0 Å². The minimum absolute atomic E-state index is 0.214. The lowest BCUT2D eigenvalue weighted by Crippen LogP contribution is -2.39. The highest BCUT2D eigenvalue weighted by Gasteiger charge is 2.30. The molecule has 116 valence electrons. The van der Waals surface area contributed by atoms with Crippen LogP contribution in [0.2, 0.25) is 0 Å². The van der Waals surface area contributed by atoms with Crippen molar-refractivity contribution < 1.29 is 5.11 Å². The van der Waals surface area contributed by atoms with Gasteiger partial charge in [0.15, 0.2) is 0 Å². The standard InChI is InChI=1S/C16H25N3OS/c1-6-12-18-14(11-7-8-21-15(11)19-12)17-9-16(4,5)13(20)10(2)3/h7-8,10,13,20H,6,9H2,1-5H3,(H,17,18,19). The van der Waals surface area contributed by atoms with Crippen molar-refractivity contribution in [3.05, 3.63) is 17.3 Å². The number of nitrogens with one attached hydrogen (secondary N) is 1. The number of fused-ring (bicyclic) bond motifs is 1. The molecule has 2 aromatic rings. The summed E-state index contributed by atoms with van der Waals surface area (Å²) >= 11 is 1.64. The second kappa shape index (κ2) is 6.28. The molecular formula is C16H25N3OS. The normalized spacial score (nSPS) is 13.9. The summed E-state index contributed by atoms with van der Waals surface area (Å²) in [5.74, 6) is 1.97. The van der Waals surface area contributed by atoms with E-state index in [-0.39, 0.29) is 17.4 Å². The van der Waals surface area contributed by atoms with Crippen molar-refractivity contribution in [1.82, 2.24) is 9.97 Å². The third-order valence-electron chi connectivity index (χ3n) is 3.83. The monoisotopic (exact) mass is 307 g/mol. The molecule has 0 saturated carbocycles. The smallest absolute Gasteiger partial charge is 0.138 e. The van der Waals surface area contributed by atoms with Gasteiger partial charge >= 0.3 is 0 Å². The first kappa shape index (κ1) is 16.2. The Morgan fingerprint density at radius 3 is 2.67 bits per heavy atom. The van der Waals surface area contributed by atoms with Crippen LogP contribution in [0, 0.1) is 11.3 Å². The van der Waals surface area contributed by atoms with Crippen LogP contribution in [-0.2, 0) is 6.42 Å². The van der Waals surface area contributed by atoms with Crippen LogP contribution in [-0.4, -0.2) is 27.7 Å². The minimum Gasteiger partial charge on any atom is -0.392 e. The minimum atomic E-state index is -0.351. The fourth-order valence-corrected chi connectivity index (χ4v) is 3.29. The molecule has 0 aliphatic carbocycles. The number of hydrogen-bond acceptors (Lipinski definition) is 5. The SMILES string of the molecule is CCc1nc(NCC(C)(C)C(O)C(C)C)c2ccsc2n1. The highest BCUT2D eigenvalue weighted by atomic mass is 32.1. The highest BCUT2D eigenvalue weighted by Crippen LogP contribution is 2.29. The van der Waals surface area contributed by atoms with Crippen molar-refractivity contribution in [3.8, 4) is 0 Å². The summed E-state index contributed by atoms with van der Waals surface area (Å²) in [5.41, 5.74) is -0.214. The van der Waals surface area contributed by atoms with Crippen LogP contribution >= 0.6 is 11.3 Å². The Kier molecular flexibility index (Phi) is 4.84. The zero-order valence-electron chi connectivity index (χ0n) is 13.5. The molecule has 0 spiro atoms. The summed E-state index contributed by atoms with van der Waals surface area (Å²) in [4.78, 5) is 10.2. The molecule has 0 fully saturated rings. The van der Waals surface area contributed by atoms with E-state index >= 15 is 0 Å². The maximum atomic E-state index is 10.3. The van der Waals surface area contributed by atoms with E-state index in [0.29, 0.717) is 6.54 Å². The number of rotatable bonds is 6. The van der Waals surface area contributed by atoms with Crippen LogP contribution in [0.1, 0.15) is 40.4 Å². The number of nitrogens with zero attached hydrogens (tertiary/aromatic N) is 2. The molecule has 0 saturated heterocycles. The summed E-state index contributed by atoms with van der Waals surface area (Å²) in [6.07, 6.45) is 0.469. The van der Waals surface area contributed by atoms with E-state index in [4.69, 9.17) is 0 Å². The van der Waals surface area contributed by atoms with Crippen LogP contribution in [0.5, 0.6) is 0 Å². The number of hydrogen-bond donors (Lipinski definition) is 2. The number of aliphatic hydroxyl groups is 1. The summed E-state index contributed by atoms with van der Waals surface area (Å²) in [6.45, 7) is 11.0. The van der Waals surface area contributed by atoms with Crippen LogP contribution in [0.15, 0.2) is 11.4 Å². The average Bonchev–Trinajstić information content (AvgIpc) is 2.91. The zero-order valence-corrected chi connectivity index (χ0v) is 14.3. The largest absolute Gasteiger partial charge is 0.392 e. The predicted octanol–water partition coefficient (Wildman–Crippen LogP) is 3.71. The molecule has 5 heteroatoms. The molecule has 4 nitrogen and oxygen atoms in total. The molecule has 1 atom stereocenters. The Morgan fingerprint density at radius 1 is 1.33 bits per heavy atom. The molecule has 0 bridgehead atoms. The predicted molar refractivity (Wildman–Crippen MR) is 89.9 cm³/mol. The lowest BCUT2D eigenvalue weighted by molar-refractivity contribution is 0.0210. The molecule has 2 rings (SSSR count). The van der Waals surface area contributed by atoms with Gasteiger partial charge in [0.1, 0.15) is 16.5 Å². The van der Waals surface area contributed by atoms with Crippen LogP contribution in [0.3, 0.4) is 0 Å². The van der Waals surface area contributed by atoms with E-state index in [1.54, 1.807) is 11.3 Å². The fourth-order valence-electron chi connectivity index (χ4n) is 2.51. The topological polar surface area (TPSA) is 58.0 Å². The van der Waals surface area contributed by atoms with Gasteiger partial charge in [0, 0.05) is 18.4 Å². The highest BCUT2D eigenvalue weighted by molar-refractivity contribution is 7.16. The van der Waals surface area contributed by atoms with Gasteiger partial charge in [-0.2, -0.15) is 0 Å². The second-order valence-electron chi connectivity index (χ2n) is 6.51. The van der Waals surface area contributed by atoms with Gasteiger partial charge in [-0.3, -0.25) is 0 Å². The lowest BCUT2D eigenvalue weighted by atomic mass is 9.81. The molecule has 2 heterocycles. The molecule has 0 aliphatic heterocycles. The molecule has 0 aromatic carbocycles. The Balaban J connectivity index is 2.21. The van der Waals surface area contributed by atoms with E-state index in [9.17, 15) is 5.11 Å². The molecule has 1 unspecified atom stereocenters. The van der Waals surface area contributed by atoms with E-state index in [1.807, 2.05) is 25.3 Å². The van der Waals surface area contributed by atoms with Crippen molar-refractivity contribution in [2.24, 2.45) is 11.3 Å². The molecule has 2 aromatic heterocycles. The fraction of sp³-hybridized carbons (Fsp3) is 0.625. The van der Waals surface area contributed by atoms with Crippen LogP contribution < -0.4 is 5.32 Å². The van der Waals surface area contributed by atoms with Crippen molar-refractivity contribution in [2.75, 3.05) is 11.9 Å². The Labute approximate surface area is 130 Å². The quantitative estimate of drug-likeness (QED) is 0.854. The lowest BCUT2D eigenvalue weighted by Gasteiger charge is -2.33. The van der Waals surface area contributed by atoms with Gasteiger partial charge in [0.2, 0.25) is 0 Å². The summed E-state index contributed by atoms with van der Waals surface area (Å²) in [7, 11) is 0. The van der Waals surface area contributed by atoms with E-state index < -0.39 is 0 Å². The van der Waals surface area contributed by atoms with Gasteiger partial charge in [0.25, 0.3) is 0 Å². The number of anilines is 1. The van der Waals surface area contributed by atoms with Gasteiger partial charge in [-0.05, 0) is 17.4 Å². The molecular weight excluding hydrogens is 282 g/mol. The maximum absolute atomic E-state index is 10.3. The van der Waals surface area contributed by atoms with Gasteiger partial charge in [-0.15, -0.1) is 11.3 Å². The Hall–Kier alpha value is -1.20. The number of aromatic nitrogens is 2. The van der Waals surface area contributed by atoms with Crippen LogP contribution in [0.25, 0.3) is 10.2 Å². The van der Waals surface area contributed by atoms with Crippen molar-refractivity contribution in [1.29, 1.82) is 0 Å². The summed E-state index contributed by atoms with van der Waals surface area (Å²) < 4.78 is 0. The first-order chi connectivity index (χ1) is 9.85. The third-order valence-corrected chi connectivity index (χ3v) is 4.64. The number of aryl methyl sites for hydroxylation is 1. The maximum Gasteiger partial charge on any atom is 0.138 e. The molecule has 21 heavy (non-hydrogen) atoms. The zero-order chi connectivity index (χ0) is 15.6. The van der Waals surface area contributed by atoms with Gasteiger partial charge in [0.05, 0.1) is 11.5 Å². The first-order valence-electron chi connectivity index (χ1n) is 7.51.